The Kier molecular flexibility index (Phi) is 7.04. The van der Waals surface area contributed by atoms with E-state index >= 15 is 0 Å². The van der Waals surface area contributed by atoms with Gasteiger partial charge in [-0.15, -0.1) is 0 Å². The van der Waals surface area contributed by atoms with Gasteiger partial charge < -0.3 is 25.2 Å². The van der Waals surface area contributed by atoms with Gasteiger partial charge in [0.15, 0.2) is 0 Å². The molecule has 0 aromatic heterocycles. The van der Waals surface area contributed by atoms with Crippen molar-refractivity contribution in [2.24, 2.45) is 0 Å². The van der Waals surface area contributed by atoms with Crippen molar-refractivity contribution >= 4 is 0 Å². The van der Waals surface area contributed by atoms with Crippen LogP contribution < -0.4 is 0 Å². The van der Waals surface area contributed by atoms with Crippen LogP contribution in [0.15, 0.2) is 0 Å². The first-order valence-corrected chi connectivity index (χ1v) is 5.24. The van der Waals surface area contributed by atoms with E-state index < -0.39 is 24.4 Å². The Morgan fingerprint density at radius 1 is 0.933 bits per heavy atom. The smallest absolute Gasteiger partial charge is 0.110 e. The van der Waals surface area contributed by atoms with E-state index in [-0.39, 0.29) is 12.7 Å². The first-order chi connectivity index (χ1) is 6.90. The average Bonchev–Trinajstić information content (AvgIpc) is 2.22. The van der Waals surface area contributed by atoms with E-state index in [0.29, 0.717) is 6.42 Å². The minimum atomic E-state index is -1.39. The van der Waals surface area contributed by atoms with Gasteiger partial charge in [-0.1, -0.05) is 6.92 Å². The van der Waals surface area contributed by atoms with Crippen LogP contribution in [0.25, 0.3) is 0 Å². The van der Waals surface area contributed by atoms with Gasteiger partial charge in [0.25, 0.3) is 0 Å². The van der Waals surface area contributed by atoms with Crippen molar-refractivity contribution in [3.63, 3.8) is 0 Å². The van der Waals surface area contributed by atoms with E-state index in [1.54, 1.807) is 20.8 Å². The number of aliphatic hydroxyl groups is 4. The molecule has 0 bridgehead atoms. The predicted molar refractivity (Wildman–Crippen MR) is 55.4 cm³/mol. The van der Waals surface area contributed by atoms with E-state index in [9.17, 15) is 20.4 Å². The molecular formula is C10H22O5. The third kappa shape index (κ3) is 5.44. The first kappa shape index (κ1) is 14.8. The van der Waals surface area contributed by atoms with Crippen LogP contribution in [-0.4, -0.2) is 57.6 Å². The highest BCUT2D eigenvalue weighted by molar-refractivity contribution is 4.80. The lowest BCUT2D eigenvalue weighted by atomic mass is 10.0. The first-order valence-electron chi connectivity index (χ1n) is 5.24. The molecule has 0 aliphatic carbocycles. The summed E-state index contributed by atoms with van der Waals surface area (Å²) in [4.78, 5) is 0. The van der Waals surface area contributed by atoms with Gasteiger partial charge in [-0.3, -0.25) is 0 Å². The van der Waals surface area contributed by atoms with Crippen molar-refractivity contribution in [2.75, 3.05) is 6.61 Å². The second-order valence-electron chi connectivity index (χ2n) is 3.91. The maximum atomic E-state index is 9.46. The van der Waals surface area contributed by atoms with Crippen LogP contribution in [0.5, 0.6) is 0 Å². The van der Waals surface area contributed by atoms with E-state index in [0.717, 1.165) is 0 Å². The summed E-state index contributed by atoms with van der Waals surface area (Å²) in [5.74, 6) is 0. The van der Waals surface area contributed by atoms with Gasteiger partial charge in [0.1, 0.15) is 18.3 Å². The SMILES string of the molecule is CC[C@@H](O)[C@H](O)[C@H](O)[C@@H](O)COC(C)C. The molecule has 0 aliphatic rings. The molecule has 0 spiro atoms. The normalized spacial score (nSPS) is 20.0. The minimum absolute atomic E-state index is 0.0555. The molecule has 0 rings (SSSR count). The summed E-state index contributed by atoms with van der Waals surface area (Å²) < 4.78 is 5.09. The summed E-state index contributed by atoms with van der Waals surface area (Å²) in [6.07, 6.45) is -4.70. The van der Waals surface area contributed by atoms with Crippen LogP contribution in [0.1, 0.15) is 27.2 Å². The molecule has 0 aromatic carbocycles. The van der Waals surface area contributed by atoms with E-state index in [4.69, 9.17) is 4.74 Å². The standard InChI is InChI=1S/C10H22O5/c1-4-7(11)9(13)10(14)8(12)5-15-6(2)3/h6-14H,4-5H2,1-3H3/t7-,8+,9+,10-/m1/s1. The zero-order chi connectivity index (χ0) is 12.0. The lowest BCUT2D eigenvalue weighted by Gasteiger charge is -2.26. The van der Waals surface area contributed by atoms with Gasteiger partial charge in [0.05, 0.1) is 18.8 Å². The Morgan fingerprint density at radius 2 is 1.40 bits per heavy atom. The van der Waals surface area contributed by atoms with Crippen LogP contribution in [0, 0.1) is 0 Å². The summed E-state index contributed by atoms with van der Waals surface area (Å²) >= 11 is 0. The van der Waals surface area contributed by atoms with Crippen LogP contribution >= 0.6 is 0 Å². The van der Waals surface area contributed by atoms with Gasteiger partial charge in [-0.2, -0.15) is 0 Å². The van der Waals surface area contributed by atoms with Crippen molar-refractivity contribution in [2.45, 2.75) is 57.7 Å². The average molecular weight is 222 g/mol. The fraction of sp³-hybridized carbons (Fsp3) is 1.00. The monoisotopic (exact) mass is 222 g/mol. The molecular weight excluding hydrogens is 200 g/mol. The molecule has 0 aliphatic heterocycles. The largest absolute Gasteiger partial charge is 0.390 e. The molecule has 0 heterocycles. The fourth-order valence-electron chi connectivity index (χ4n) is 1.09. The van der Waals surface area contributed by atoms with Crippen molar-refractivity contribution in [3.05, 3.63) is 0 Å². The Labute approximate surface area is 90.3 Å². The molecule has 0 unspecified atom stereocenters. The summed E-state index contributed by atoms with van der Waals surface area (Å²) in [7, 11) is 0. The maximum absolute atomic E-state index is 9.46. The molecule has 0 amide bonds. The second-order valence-corrected chi connectivity index (χ2v) is 3.91. The molecule has 0 saturated carbocycles. The highest BCUT2D eigenvalue weighted by Gasteiger charge is 2.29. The van der Waals surface area contributed by atoms with Crippen LogP contribution in [0.4, 0.5) is 0 Å². The van der Waals surface area contributed by atoms with Crippen LogP contribution in [0.2, 0.25) is 0 Å². The van der Waals surface area contributed by atoms with Gasteiger partial charge in [-0.25, -0.2) is 0 Å². The molecule has 4 N–H and O–H groups in total. The van der Waals surface area contributed by atoms with E-state index in [1.165, 1.54) is 0 Å². The summed E-state index contributed by atoms with van der Waals surface area (Å²) in [5, 5.41) is 37.6. The highest BCUT2D eigenvalue weighted by atomic mass is 16.5. The Bertz CT molecular complexity index is 162. The van der Waals surface area contributed by atoms with Crippen molar-refractivity contribution in [1.82, 2.24) is 0 Å². The second kappa shape index (κ2) is 7.14. The van der Waals surface area contributed by atoms with Gasteiger partial charge in [0.2, 0.25) is 0 Å². The molecule has 92 valence electrons. The molecule has 15 heavy (non-hydrogen) atoms. The Morgan fingerprint density at radius 3 is 1.80 bits per heavy atom. The topological polar surface area (TPSA) is 90.2 Å². The summed E-state index contributed by atoms with van der Waals surface area (Å²) in [6, 6.07) is 0. The van der Waals surface area contributed by atoms with E-state index in [2.05, 4.69) is 0 Å². The zero-order valence-electron chi connectivity index (χ0n) is 9.50. The third-order valence-corrected chi connectivity index (χ3v) is 2.16. The number of aliphatic hydroxyl groups excluding tert-OH is 4. The molecule has 0 saturated heterocycles. The van der Waals surface area contributed by atoms with Crippen molar-refractivity contribution in [1.29, 1.82) is 0 Å². The van der Waals surface area contributed by atoms with Crippen LogP contribution in [-0.2, 0) is 4.74 Å². The van der Waals surface area contributed by atoms with Gasteiger partial charge in [0, 0.05) is 0 Å². The van der Waals surface area contributed by atoms with Gasteiger partial charge in [-0.05, 0) is 20.3 Å². The molecule has 0 radical (unpaired) electrons. The van der Waals surface area contributed by atoms with Crippen molar-refractivity contribution in [3.8, 4) is 0 Å². The number of rotatable bonds is 7. The zero-order valence-corrected chi connectivity index (χ0v) is 9.50. The number of hydrogen-bond donors (Lipinski definition) is 4. The lowest BCUT2D eigenvalue weighted by Crippen LogP contribution is -2.46. The molecule has 4 atom stereocenters. The summed E-state index contributed by atoms with van der Waals surface area (Å²) in [5.41, 5.74) is 0. The maximum Gasteiger partial charge on any atom is 0.110 e. The Hall–Kier alpha value is -0.200. The quantitative estimate of drug-likeness (QED) is 0.456. The van der Waals surface area contributed by atoms with E-state index in [1.807, 2.05) is 0 Å². The van der Waals surface area contributed by atoms with Crippen molar-refractivity contribution < 1.29 is 25.2 Å². The number of ether oxygens (including phenoxy) is 1. The molecule has 0 fully saturated rings. The summed E-state index contributed by atoms with van der Waals surface area (Å²) in [6.45, 7) is 5.22. The Balaban J connectivity index is 4.01. The number of hydrogen-bond acceptors (Lipinski definition) is 5. The van der Waals surface area contributed by atoms with Crippen LogP contribution in [0.3, 0.4) is 0 Å². The molecule has 5 heteroatoms. The minimum Gasteiger partial charge on any atom is -0.390 e. The lowest BCUT2D eigenvalue weighted by molar-refractivity contribution is -0.126. The fourth-order valence-corrected chi connectivity index (χ4v) is 1.09. The highest BCUT2D eigenvalue weighted by Crippen LogP contribution is 2.08. The molecule has 5 nitrogen and oxygen atoms in total. The third-order valence-electron chi connectivity index (χ3n) is 2.16. The molecule has 0 aromatic rings. The van der Waals surface area contributed by atoms with Gasteiger partial charge >= 0.3 is 0 Å². The predicted octanol–water partition coefficient (Wildman–Crippen LogP) is -0.735.